The molecular weight excluding hydrogens is 684 g/mol. The van der Waals surface area contributed by atoms with Crippen molar-refractivity contribution >= 4 is 11.4 Å². The fourth-order valence-corrected chi connectivity index (χ4v) is 7.24. The molecule has 0 fully saturated rings. The zero-order chi connectivity index (χ0) is 38.4. The lowest BCUT2D eigenvalue weighted by atomic mass is 9.76. The molecule has 0 saturated carbocycles. The third-order valence-electron chi connectivity index (χ3n) is 9.59. The van der Waals surface area contributed by atoms with Gasteiger partial charge in [0.1, 0.15) is 17.1 Å². The Morgan fingerprint density at radius 3 is 1.91 bits per heavy atom. The molecule has 0 atom stereocenters. The molecule has 0 aliphatic rings. The summed E-state index contributed by atoms with van der Waals surface area (Å²) in [5, 5.41) is 9.69. The van der Waals surface area contributed by atoms with Gasteiger partial charge in [0.15, 0.2) is 11.6 Å². The average Bonchev–Trinajstić information content (AvgIpc) is 3.64. The molecule has 0 bridgehead atoms. The summed E-state index contributed by atoms with van der Waals surface area (Å²) < 4.78 is 31.2. The smallest absolute Gasteiger partial charge is 0.188 e. The first kappa shape index (κ1) is 36.7. The Balaban J connectivity index is 1.56. The van der Waals surface area contributed by atoms with Crippen molar-refractivity contribution in [1.82, 2.24) is 9.55 Å². The predicted molar refractivity (Wildman–Crippen MR) is 217 cm³/mol. The van der Waals surface area contributed by atoms with Crippen LogP contribution < -0.4 is 14.4 Å². The van der Waals surface area contributed by atoms with Crippen molar-refractivity contribution < 1.29 is 13.9 Å². The van der Waals surface area contributed by atoms with E-state index in [-0.39, 0.29) is 24.1 Å². The topological polar surface area (TPSA) is 63.3 Å². The lowest BCUT2D eigenvalue weighted by molar-refractivity contribution is 0.229. The molecule has 7 aromatic rings. The van der Waals surface area contributed by atoms with Crippen LogP contribution in [0.15, 0.2) is 158 Å². The van der Waals surface area contributed by atoms with Crippen molar-refractivity contribution in [2.75, 3.05) is 11.5 Å². The molecule has 0 unspecified atom stereocenters. The number of imidazole rings is 1. The Bertz CT molecular complexity index is 2310. The molecule has 0 saturated heterocycles. The standard InChI is InChI=1S/C48H43FN4O2/c1-5-54-42-29-44(47(49)45(30-42)55-34(2)3)52(41-26-24-36(31-50)25-27-41)33-46-51-43(37-17-15-16-35(4)28-37)32-53(46)48(38-18-9-6-10-19-38,39-20-11-7-12-21-39)40-22-13-8-14-23-40/h6-30,32,34H,5,33H2,1-4H3. The van der Waals surface area contributed by atoms with Gasteiger partial charge in [0.25, 0.3) is 0 Å². The minimum atomic E-state index is -0.901. The number of ether oxygens (including phenoxy) is 2. The summed E-state index contributed by atoms with van der Waals surface area (Å²) in [6.45, 7) is 8.22. The molecule has 1 aromatic heterocycles. The summed E-state index contributed by atoms with van der Waals surface area (Å²) in [5.74, 6) is 0.707. The van der Waals surface area contributed by atoms with Crippen molar-refractivity contribution in [2.45, 2.75) is 45.9 Å². The normalized spacial score (nSPS) is 11.3. The zero-order valence-corrected chi connectivity index (χ0v) is 31.5. The molecule has 0 N–H and O–H groups in total. The van der Waals surface area contributed by atoms with E-state index in [2.05, 4.69) is 115 Å². The Morgan fingerprint density at radius 1 is 0.782 bits per heavy atom. The van der Waals surface area contributed by atoms with E-state index >= 15 is 4.39 Å². The highest BCUT2D eigenvalue weighted by Gasteiger charge is 2.41. The van der Waals surface area contributed by atoms with E-state index in [0.29, 0.717) is 29.4 Å². The third-order valence-corrected chi connectivity index (χ3v) is 9.59. The van der Waals surface area contributed by atoms with Gasteiger partial charge in [-0.25, -0.2) is 9.37 Å². The molecule has 0 spiro atoms. The molecule has 7 rings (SSSR count). The van der Waals surface area contributed by atoms with Crippen molar-refractivity contribution in [1.29, 1.82) is 5.26 Å². The lowest BCUT2D eigenvalue weighted by Crippen LogP contribution is -2.39. The van der Waals surface area contributed by atoms with Gasteiger partial charge in [-0.15, -0.1) is 0 Å². The van der Waals surface area contributed by atoms with Crippen molar-refractivity contribution in [3.8, 4) is 28.8 Å². The SMILES string of the molecule is CCOc1cc(OC(C)C)c(F)c(N(Cc2nc(-c3cccc(C)c3)cn2C(c2ccccc2)(c2ccccc2)c2ccccc2)c2ccc(C#N)cc2)c1. The fourth-order valence-electron chi connectivity index (χ4n) is 7.24. The molecule has 274 valence electrons. The van der Waals surface area contributed by atoms with Crippen LogP contribution >= 0.6 is 0 Å². The average molecular weight is 727 g/mol. The second-order valence-electron chi connectivity index (χ2n) is 13.7. The van der Waals surface area contributed by atoms with E-state index in [1.807, 2.05) is 62.1 Å². The molecule has 0 aliphatic carbocycles. The van der Waals surface area contributed by atoms with Crippen LogP contribution in [0.4, 0.5) is 15.8 Å². The largest absolute Gasteiger partial charge is 0.494 e. The summed E-state index contributed by atoms with van der Waals surface area (Å²) in [7, 11) is 0. The molecule has 6 aromatic carbocycles. The maximum atomic E-state index is 17.0. The number of hydrogen-bond donors (Lipinski definition) is 0. The molecule has 1 heterocycles. The zero-order valence-electron chi connectivity index (χ0n) is 31.5. The van der Waals surface area contributed by atoms with Crippen LogP contribution in [0, 0.1) is 24.1 Å². The first-order chi connectivity index (χ1) is 26.8. The van der Waals surface area contributed by atoms with Crippen molar-refractivity contribution in [3.63, 3.8) is 0 Å². The number of hydrogen-bond acceptors (Lipinski definition) is 5. The summed E-state index contributed by atoms with van der Waals surface area (Å²) in [6, 6.07) is 52.3. The van der Waals surface area contributed by atoms with Crippen LogP contribution in [-0.2, 0) is 12.1 Å². The quantitative estimate of drug-likeness (QED) is 0.111. The number of aromatic nitrogens is 2. The highest BCUT2D eigenvalue weighted by molar-refractivity contribution is 5.69. The van der Waals surface area contributed by atoms with Gasteiger partial charge in [-0.2, -0.15) is 5.26 Å². The summed E-state index contributed by atoms with van der Waals surface area (Å²) in [6.07, 6.45) is 1.84. The highest BCUT2D eigenvalue weighted by atomic mass is 19.1. The first-order valence-corrected chi connectivity index (χ1v) is 18.5. The number of halogens is 1. The summed E-state index contributed by atoms with van der Waals surface area (Å²) >= 11 is 0. The number of benzene rings is 6. The van der Waals surface area contributed by atoms with Gasteiger partial charge >= 0.3 is 0 Å². The molecule has 0 amide bonds. The molecule has 7 heteroatoms. The Morgan fingerprint density at radius 2 is 1.38 bits per heavy atom. The van der Waals surface area contributed by atoms with Gasteiger partial charge < -0.3 is 18.9 Å². The van der Waals surface area contributed by atoms with Gasteiger partial charge in [-0.1, -0.05) is 115 Å². The van der Waals surface area contributed by atoms with E-state index in [4.69, 9.17) is 14.5 Å². The van der Waals surface area contributed by atoms with Gasteiger partial charge in [0.2, 0.25) is 0 Å². The minimum absolute atomic E-state index is 0.0885. The number of rotatable bonds is 13. The van der Waals surface area contributed by atoms with Crippen LogP contribution in [0.5, 0.6) is 11.5 Å². The highest BCUT2D eigenvalue weighted by Crippen LogP contribution is 2.44. The second kappa shape index (κ2) is 16.2. The minimum Gasteiger partial charge on any atom is -0.494 e. The maximum absolute atomic E-state index is 17.0. The van der Waals surface area contributed by atoms with E-state index in [9.17, 15) is 5.26 Å². The van der Waals surface area contributed by atoms with Crippen LogP contribution in [0.2, 0.25) is 0 Å². The van der Waals surface area contributed by atoms with Crippen molar-refractivity contribution in [3.05, 3.63) is 197 Å². The van der Waals surface area contributed by atoms with E-state index < -0.39 is 11.4 Å². The van der Waals surface area contributed by atoms with Crippen LogP contribution in [0.25, 0.3) is 11.3 Å². The van der Waals surface area contributed by atoms with Crippen LogP contribution in [0.3, 0.4) is 0 Å². The second-order valence-corrected chi connectivity index (χ2v) is 13.7. The molecular formula is C48H43FN4O2. The predicted octanol–water partition coefficient (Wildman–Crippen LogP) is 11.2. The van der Waals surface area contributed by atoms with E-state index in [1.165, 1.54) is 0 Å². The lowest BCUT2D eigenvalue weighted by Gasteiger charge is -2.39. The monoisotopic (exact) mass is 726 g/mol. The van der Waals surface area contributed by atoms with Crippen LogP contribution in [-0.4, -0.2) is 22.3 Å². The molecule has 6 nitrogen and oxygen atoms in total. The summed E-state index contributed by atoms with van der Waals surface area (Å²) in [4.78, 5) is 7.32. The number of aryl methyl sites for hydroxylation is 1. The van der Waals surface area contributed by atoms with Crippen LogP contribution in [0.1, 0.15) is 54.4 Å². The van der Waals surface area contributed by atoms with Gasteiger partial charge in [-0.05, 0) is 74.7 Å². The van der Waals surface area contributed by atoms with E-state index in [0.717, 1.165) is 33.5 Å². The number of anilines is 2. The molecule has 0 aliphatic heterocycles. The van der Waals surface area contributed by atoms with Gasteiger partial charge in [0, 0.05) is 29.6 Å². The molecule has 55 heavy (non-hydrogen) atoms. The molecule has 0 radical (unpaired) electrons. The van der Waals surface area contributed by atoms with Gasteiger partial charge in [-0.3, -0.25) is 0 Å². The number of nitrogens with zero attached hydrogens (tertiary/aromatic N) is 4. The Hall–Kier alpha value is -6.65. The Kier molecular flexibility index (Phi) is 10.8. The van der Waals surface area contributed by atoms with E-state index in [1.54, 1.807) is 24.3 Å². The third kappa shape index (κ3) is 7.45. The van der Waals surface area contributed by atoms with Gasteiger partial charge in [0.05, 0.1) is 42.3 Å². The fraction of sp³-hybridized carbons (Fsp3) is 0.167. The maximum Gasteiger partial charge on any atom is 0.188 e. The summed E-state index contributed by atoms with van der Waals surface area (Å²) in [5.41, 5.74) is 6.46. The van der Waals surface area contributed by atoms with Crippen molar-refractivity contribution in [2.24, 2.45) is 0 Å². The number of nitriles is 1. The Labute approximate surface area is 322 Å². The first-order valence-electron chi connectivity index (χ1n) is 18.5.